The van der Waals surface area contributed by atoms with Crippen molar-refractivity contribution >= 4 is 21.9 Å². The van der Waals surface area contributed by atoms with E-state index in [0.717, 1.165) is 5.56 Å². The van der Waals surface area contributed by atoms with Crippen LogP contribution in [-0.2, 0) is 13.2 Å². The predicted octanol–water partition coefficient (Wildman–Crippen LogP) is 5.06. The number of benzene rings is 3. The van der Waals surface area contributed by atoms with Gasteiger partial charge in [-0.15, -0.1) is 0 Å². The van der Waals surface area contributed by atoms with Gasteiger partial charge in [0.25, 0.3) is 0 Å². The number of esters is 1. The van der Waals surface area contributed by atoms with E-state index in [1.165, 1.54) is 7.11 Å². The summed E-state index contributed by atoms with van der Waals surface area (Å²) in [7, 11) is 1.49. The van der Waals surface area contributed by atoms with Crippen LogP contribution in [0.2, 0.25) is 0 Å². The largest absolute Gasteiger partial charge is 0.496 e. The summed E-state index contributed by atoms with van der Waals surface area (Å²) in [5.41, 5.74) is 2.22. The lowest BCUT2D eigenvalue weighted by atomic mass is 10.0. The van der Waals surface area contributed by atoms with Crippen molar-refractivity contribution in [2.24, 2.45) is 0 Å². The standard InChI is InChI=1S/C23H21BrO5/c1-15-19(23(26)29-17-11-7-4-8-12-17)22(20(24)18(13-25)21(15)27-2)28-14-16-9-5-3-6-10-16/h3-12,25H,13-14H2,1-2H3. The average Bonchev–Trinajstić information content (AvgIpc) is 2.74. The number of halogens is 1. The Bertz CT molecular complexity index is 987. The second kappa shape index (κ2) is 9.58. The van der Waals surface area contributed by atoms with Crippen LogP contribution >= 0.6 is 15.9 Å². The van der Waals surface area contributed by atoms with Gasteiger partial charge in [-0.2, -0.15) is 0 Å². The van der Waals surface area contributed by atoms with E-state index in [2.05, 4.69) is 15.9 Å². The molecule has 29 heavy (non-hydrogen) atoms. The van der Waals surface area contributed by atoms with Crippen LogP contribution in [0.1, 0.15) is 27.0 Å². The van der Waals surface area contributed by atoms with Crippen molar-refractivity contribution < 1.29 is 24.1 Å². The fraction of sp³-hybridized carbons (Fsp3) is 0.174. The van der Waals surface area contributed by atoms with Gasteiger partial charge in [0, 0.05) is 11.1 Å². The van der Waals surface area contributed by atoms with Gasteiger partial charge < -0.3 is 19.3 Å². The number of carbonyl (C=O) groups is 1. The number of hydrogen-bond acceptors (Lipinski definition) is 5. The molecule has 0 aliphatic rings. The molecule has 3 aromatic carbocycles. The van der Waals surface area contributed by atoms with Gasteiger partial charge in [0.2, 0.25) is 0 Å². The Morgan fingerprint density at radius 2 is 1.62 bits per heavy atom. The van der Waals surface area contributed by atoms with Crippen LogP contribution in [-0.4, -0.2) is 18.2 Å². The summed E-state index contributed by atoms with van der Waals surface area (Å²) in [4.78, 5) is 13.0. The lowest BCUT2D eigenvalue weighted by Gasteiger charge is -2.20. The molecule has 0 fully saturated rings. The molecule has 0 amide bonds. The van der Waals surface area contributed by atoms with E-state index in [1.807, 2.05) is 36.4 Å². The zero-order valence-electron chi connectivity index (χ0n) is 16.1. The molecule has 0 aliphatic heterocycles. The normalized spacial score (nSPS) is 10.5. The highest BCUT2D eigenvalue weighted by molar-refractivity contribution is 9.10. The molecule has 3 rings (SSSR count). The van der Waals surface area contributed by atoms with Gasteiger partial charge in [-0.05, 0) is 40.5 Å². The molecule has 0 spiro atoms. The highest BCUT2D eigenvalue weighted by Crippen LogP contribution is 2.42. The zero-order valence-corrected chi connectivity index (χ0v) is 17.7. The second-order valence-electron chi connectivity index (χ2n) is 6.29. The van der Waals surface area contributed by atoms with Crippen molar-refractivity contribution in [3.63, 3.8) is 0 Å². The monoisotopic (exact) mass is 456 g/mol. The van der Waals surface area contributed by atoms with Crippen molar-refractivity contribution in [2.45, 2.75) is 20.1 Å². The Morgan fingerprint density at radius 3 is 2.21 bits per heavy atom. The van der Waals surface area contributed by atoms with Crippen LogP contribution in [0.4, 0.5) is 0 Å². The molecule has 0 aliphatic carbocycles. The van der Waals surface area contributed by atoms with Gasteiger partial charge in [0.15, 0.2) is 0 Å². The number of rotatable bonds is 7. The van der Waals surface area contributed by atoms with Crippen LogP contribution in [0.3, 0.4) is 0 Å². The van der Waals surface area contributed by atoms with Crippen molar-refractivity contribution in [1.82, 2.24) is 0 Å². The van der Waals surface area contributed by atoms with Gasteiger partial charge in [0.05, 0.1) is 18.2 Å². The van der Waals surface area contributed by atoms with Crippen LogP contribution in [0.15, 0.2) is 65.1 Å². The number of aliphatic hydroxyl groups is 1. The Balaban J connectivity index is 2.05. The molecule has 6 heteroatoms. The topological polar surface area (TPSA) is 65.0 Å². The molecule has 0 bridgehead atoms. The highest BCUT2D eigenvalue weighted by atomic mass is 79.9. The molecule has 1 N–H and O–H groups in total. The van der Waals surface area contributed by atoms with Gasteiger partial charge in [-0.1, -0.05) is 48.5 Å². The maximum atomic E-state index is 13.0. The fourth-order valence-corrected chi connectivity index (χ4v) is 3.65. The quantitative estimate of drug-likeness (QED) is 0.397. The molecule has 150 valence electrons. The Hall–Kier alpha value is -2.83. The van der Waals surface area contributed by atoms with E-state index in [9.17, 15) is 9.90 Å². The predicted molar refractivity (Wildman–Crippen MR) is 114 cm³/mol. The maximum absolute atomic E-state index is 13.0. The Labute approximate surface area is 178 Å². The molecule has 0 heterocycles. The molecular formula is C23H21BrO5. The molecule has 5 nitrogen and oxygen atoms in total. The fourth-order valence-electron chi connectivity index (χ4n) is 3.03. The number of carbonyl (C=O) groups excluding carboxylic acids is 1. The summed E-state index contributed by atoms with van der Waals surface area (Å²) in [5, 5.41) is 9.85. The first-order valence-corrected chi connectivity index (χ1v) is 9.79. The van der Waals surface area contributed by atoms with E-state index in [0.29, 0.717) is 32.8 Å². The van der Waals surface area contributed by atoms with Gasteiger partial charge in [-0.3, -0.25) is 0 Å². The molecule has 3 aromatic rings. The number of para-hydroxylation sites is 1. The minimum absolute atomic E-state index is 0.241. The number of hydrogen-bond donors (Lipinski definition) is 1. The van der Waals surface area contributed by atoms with E-state index >= 15 is 0 Å². The van der Waals surface area contributed by atoms with Crippen LogP contribution in [0.25, 0.3) is 0 Å². The van der Waals surface area contributed by atoms with Crippen molar-refractivity contribution in [3.8, 4) is 17.2 Å². The first-order valence-electron chi connectivity index (χ1n) is 9.00. The highest BCUT2D eigenvalue weighted by Gasteiger charge is 2.28. The number of aliphatic hydroxyl groups excluding tert-OH is 1. The van der Waals surface area contributed by atoms with E-state index in [1.54, 1.807) is 31.2 Å². The zero-order chi connectivity index (χ0) is 20.8. The molecule has 0 radical (unpaired) electrons. The summed E-state index contributed by atoms with van der Waals surface area (Å²) in [6.45, 7) is 1.71. The Morgan fingerprint density at radius 1 is 1.00 bits per heavy atom. The summed E-state index contributed by atoms with van der Waals surface area (Å²) < 4.78 is 17.5. The first-order chi connectivity index (χ1) is 14.1. The lowest BCUT2D eigenvalue weighted by Crippen LogP contribution is -2.15. The molecule has 0 atom stereocenters. The third-order valence-corrected chi connectivity index (χ3v) is 5.27. The third-order valence-electron chi connectivity index (χ3n) is 4.43. The summed E-state index contributed by atoms with van der Waals surface area (Å²) >= 11 is 3.47. The summed E-state index contributed by atoms with van der Waals surface area (Å²) in [6.07, 6.45) is 0. The minimum atomic E-state index is -0.569. The molecular weight excluding hydrogens is 436 g/mol. The molecule has 0 saturated carbocycles. The number of methoxy groups -OCH3 is 1. The smallest absolute Gasteiger partial charge is 0.347 e. The first kappa shape index (κ1) is 20.9. The summed E-state index contributed by atoms with van der Waals surface area (Å²) in [5.74, 6) is 0.566. The van der Waals surface area contributed by atoms with Gasteiger partial charge >= 0.3 is 5.97 Å². The summed E-state index contributed by atoms with van der Waals surface area (Å²) in [6, 6.07) is 18.4. The van der Waals surface area contributed by atoms with E-state index in [4.69, 9.17) is 14.2 Å². The van der Waals surface area contributed by atoms with Gasteiger partial charge in [-0.25, -0.2) is 4.79 Å². The second-order valence-corrected chi connectivity index (χ2v) is 7.08. The van der Waals surface area contributed by atoms with Crippen LogP contribution in [0.5, 0.6) is 17.2 Å². The maximum Gasteiger partial charge on any atom is 0.347 e. The lowest BCUT2D eigenvalue weighted by molar-refractivity contribution is 0.0728. The van der Waals surface area contributed by atoms with Crippen LogP contribution < -0.4 is 14.2 Å². The van der Waals surface area contributed by atoms with Crippen molar-refractivity contribution in [3.05, 3.63) is 87.4 Å². The Kier molecular flexibility index (Phi) is 6.90. The molecule has 0 aromatic heterocycles. The van der Waals surface area contributed by atoms with Crippen molar-refractivity contribution in [1.29, 1.82) is 0 Å². The SMILES string of the molecule is COc1c(C)c(C(=O)Oc2ccccc2)c(OCc2ccccc2)c(Br)c1CO. The van der Waals surface area contributed by atoms with Crippen molar-refractivity contribution in [2.75, 3.05) is 7.11 Å². The van der Waals surface area contributed by atoms with Crippen LogP contribution in [0, 0.1) is 6.92 Å². The minimum Gasteiger partial charge on any atom is -0.496 e. The molecule has 0 saturated heterocycles. The third kappa shape index (κ3) is 4.60. The number of ether oxygens (including phenoxy) is 3. The van der Waals surface area contributed by atoms with Gasteiger partial charge in [0.1, 0.15) is 29.4 Å². The van der Waals surface area contributed by atoms with E-state index in [-0.39, 0.29) is 18.8 Å². The van der Waals surface area contributed by atoms with E-state index < -0.39 is 5.97 Å². The average molecular weight is 457 g/mol. The molecule has 0 unspecified atom stereocenters.